The molecule has 1 saturated carbocycles. The Labute approximate surface area is 91.1 Å². The normalized spacial score (nSPS) is 12.4. The highest BCUT2D eigenvalue weighted by Crippen LogP contribution is 2.15. The maximum atomic E-state index is 7.00. The van der Waals surface area contributed by atoms with Gasteiger partial charge < -0.3 is 10.4 Å². The fourth-order valence-corrected chi connectivity index (χ4v) is 1.13. The predicted octanol–water partition coefficient (Wildman–Crippen LogP) is 3.20. The molecule has 1 rings (SSSR count). The zero-order chi connectivity index (χ0) is 11.7. The molecule has 0 unspecified atom stereocenters. The summed E-state index contributed by atoms with van der Waals surface area (Å²) in [5, 5.41) is 10.0. The van der Waals surface area contributed by atoms with Crippen molar-refractivity contribution < 1.29 is 5.11 Å². The number of nitrogens with one attached hydrogen (secondary N) is 1. The fraction of sp³-hybridized carbons (Fsp3) is 1.00. The van der Waals surface area contributed by atoms with Crippen molar-refractivity contribution in [1.82, 2.24) is 5.32 Å². The van der Waals surface area contributed by atoms with Gasteiger partial charge in [0.15, 0.2) is 0 Å². The molecule has 0 aromatic carbocycles. The van der Waals surface area contributed by atoms with E-state index in [-0.39, 0.29) is 0 Å². The van der Waals surface area contributed by atoms with E-state index in [0.29, 0.717) is 0 Å². The van der Waals surface area contributed by atoms with E-state index in [1.165, 1.54) is 38.5 Å². The first-order valence-corrected chi connectivity index (χ1v) is 6.01. The third kappa shape index (κ3) is 29.7. The van der Waals surface area contributed by atoms with Crippen LogP contribution in [0.4, 0.5) is 0 Å². The molecule has 2 heteroatoms. The summed E-state index contributed by atoms with van der Waals surface area (Å²) in [6.45, 7) is 7.29. The van der Waals surface area contributed by atoms with E-state index in [1.807, 2.05) is 20.9 Å². The Bertz CT molecular complexity index is 44.7. The van der Waals surface area contributed by atoms with Gasteiger partial charge in [-0.25, -0.2) is 0 Å². The van der Waals surface area contributed by atoms with Crippen molar-refractivity contribution in [1.29, 1.82) is 0 Å². The largest absolute Gasteiger partial charge is 0.400 e. The number of rotatable bonds is 2. The molecule has 0 aliphatic heterocycles. The van der Waals surface area contributed by atoms with E-state index >= 15 is 0 Å². The van der Waals surface area contributed by atoms with Gasteiger partial charge >= 0.3 is 0 Å². The molecule has 0 atom stereocenters. The first-order chi connectivity index (χ1) is 6.91. The van der Waals surface area contributed by atoms with Crippen molar-refractivity contribution in [3.63, 3.8) is 0 Å². The van der Waals surface area contributed by atoms with Crippen LogP contribution in [0.5, 0.6) is 0 Å². The molecular formula is C12H31NO. The summed E-state index contributed by atoms with van der Waals surface area (Å²) in [6, 6.07) is 0. The minimum Gasteiger partial charge on any atom is -0.400 e. The Morgan fingerprint density at radius 1 is 0.929 bits per heavy atom. The average Bonchev–Trinajstić information content (AvgIpc) is 2.83. The molecule has 1 fully saturated rings. The van der Waals surface area contributed by atoms with Gasteiger partial charge in [-0.15, -0.1) is 0 Å². The summed E-state index contributed by atoms with van der Waals surface area (Å²) in [5.74, 6) is 0. The molecule has 0 amide bonds. The van der Waals surface area contributed by atoms with Gasteiger partial charge in [0.05, 0.1) is 0 Å². The lowest BCUT2D eigenvalue weighted by molar-refractivity contribution is 0.399. The molecule has 0 spiro atoms. The Kier molecular flexibility index (Phi) is 40.7. The second kappa shape index (κ2) is 29.3. The van der Waals surface area contributed by atoms with E-state index in [1.54, 1.807) is 0 Å². The summed E-state index contributed by atoms with van der Waals surface area (Å²) in [7, 11) is 2.96. The van der Waals surface area contributed by atoms with Crippen molar-refractivity contribution in [3.05, 3.63) is 0 Å². The van der Waals surface area contributed by atoms with Gasteiger partial charge in [-0.3, -0.25) is 0 Å². The topological polar surface area (TPSA) is 32.3 Å². The fourth-order valence-electron chi connectivity index (χ4n) is 1.13. The third-order valence-corrected chi connectivity index (χ3v) is 1.75. The first-order valence-electron chi connectivity index (χ1n) is 6.01. The monoisotopic (exact) mass is 205 g/mol. The number of aliphatic hydroxyl groups is 1. The van der Waals surface area contributed by atoms with Crippen LogP contribution in [0.2, 0.25) is 0 Å². The van der Waals surface area contributed by atoms with Crippen molar-refractivity contribution >= 4 is 0 Å². The highest BCUT2D eigenvalue weighted by molar-refractivity contribution is 4.51. The minimum absolute atomic E-state index is 1.00. The zero-order valence-electron chi connectivity index (χ0n) is 10.9. The highest BCUT2D eigenvalue weighted by atomic mass is 16.2. The van der Waals surface area contributed by atoms with Crippen molar-refractivity contribution in [3.8, 4) is 0 Å². The van der Waals surface area contributed by atoms with Crippen LogP contribution in [-0.4, -0.2) is 25.8 Å². The minimum atomic E-state index is 1.00. The average molecular weight is 205 g/mol. The van der Waals surface area contributed by atoms with E-state index < -0.39 is 0 Å². The molecule has 2 nitrogen and oxygen atoms in total. The molecule has 0 bridgehead atoms. The maximum absolute atomic E-state index is 7.00. The number of aliphatic hydroxyl groups excluding tert-OH is 1. The summed E-state index contributed by atoms with van der Waals surface area (Å²) in [5.41, 5.74) is 0. The SMILES string of the molecule is C1CCCC1.CC.CCCNC.CO. The van der Waals surface area contributed by atoms with Gasteiger partial charge in [0, 0.05) is 7.11 Å². The van der Waals surface area contributed by atoms with Crippen LogP contribution in [0.25, 0.3) is 0 Å². The smallest absolute Gasteiger partial charge is 0.0319 e. The maximum Gasteiger partial charge on any atom is 0.0319 e. The van der Waals surface area contributed by atoms with Gasteiger partial charge in [0.1, 0.15) is 0 Å². The van der Waals surface area contributed by atoms with Crippen LogP contribution < -0.4 is 5.32 Å². The summed E-state index contributed by atoms with van der Waals surface area (Å²) < 4.78 is 0. The molecule has 2 N–H and O–H groups in total. The van der Waals surface area contributed by atoms with E-state index in [2.05, 4.69) is 12.2 Å². The molecule has 0 aromatic rings. The lowest BCUT2D eigenvalue weighted by Gasteiger charge is -1.84. The Morgan fingerprint density at radius 3 is 1.29 bits per heavy atom. The van der Waals surface area contributed by atoms with Crippen molar-refractivity contribution in [2.24, 2.45) is 0 Å². The lowest BCUT2D eigenvalue weighted by atomic mass is 10.4. The Balaban J connectivity index is -0.000000128. The second-order valence-corrected chi connectivity index (χ2v) is 2.87. The Morgan fingerprint density at radius 2 is 1.21 bits per heavy atom. The van der Waals surface area contributed by atoms with Gasteiger partial charge in [-0.05, 0) is 20.0 Å². The first kappa shape index (κ1) is 19.5. The van der Waals surface area contributed by atoms with Crippen LogP contribution >= 0.6 is 0 Å². The molecule has 0 saturated heterocycles. The van der Waals surface area contributed by atoms with Crippen LogP contribution in [0.3, 0.4) is 0 Å². The van der Waals surface area contributed by atoms with Gasteiger partial charge in [-0.2, -0.15) is 0 Å². The summed E-state index contributed by atoms with van der Waals surface area (Å²) in [4.78, 5) is 0. The van der Waals surface area contributed by atoms with Crippen LogP contribution in [0, 0.1) is 0 Å². The molecular weight excluding hydrogens is 174 g/mol. The van der Waals surface area contributed by atoms with E-state index in [0.717, 1.165) is 13.7 Å². The predicted molar refractivity (Wildman–Crippen MR) is 66.8 cm³/mol. The van der Waals surface area contributed by atoms with Gasteiger partial charge in [0.25, 0.3) is 0 Å². The molecule has 90 valence electrons. The number of hydrogen-bond donors (Lipinski definition) is 2. The van der Waals surface area contributed by atoms with Crippen molar-refractivity contribution in [2.75, 3.05) is 20.7 Å². The lowest BCUT2D eigenvalue weighted by Crippen LogP contribution is -2.04. The van der Waals surface area contributed by atoms with Crippen molar-refractivity contribution in [2.45, 2.75) is 59.3 Å². The molecule has 1 aliphatic rings. The molecule has 0 radical (unpaired) electrons. The second-order valence-electron chi connectivity index (χ2n) is 2.87. The molecule has 0 heterocycles. The van der Waals surface area contributed by atoms with Crippen LogP contribution in [-0.2, 0) is 0 Å². The Hall–Kier alpha value is -0.0800. The molecule has 0 aromatic heterocycles. The molecule has 1 aliphatic carbocycles. The van der Waals surface area contributed by atoms with E-state index in [9.17, 15) is 0 Å². The van der Waals surface area contributed by atoms with Crippen LogP contribution in [0.1, 0.15) is 59.3 Å². The zero-order valence-corrected chi connectivity index (χ0v) is 10.9. The highest BCUT2D eigenvalue weighted by Gasteiger charge is 1.95. The third-order valence-electron chi connectivity index (χ3n) is 1.75. The van der Waals surface area contributed by atoms with Gasteiger partial charge in [0.2, 0.25) is 0 Å². The molecule has 14 heavy (non-hydrogen) atoms. The number of hydrogen-bond acceptors (Lipinski definition) is 2. The van der Waals surface area contributed by atoms with E-state index in [4.69, 9.17) is 5.11 Å². The van der Waals surface area contributed by atoms with Crippen LogP contribution in [0.15, 0.2) is 0 Å². The standard InChI is InChI=1S/C5H10.C4H11N.C2H6.CH4O/c1-2-4-5-3-1;1-3-4-5-2;2*1-2/h1-5H2;5H,3-4H2,1-2H3;1-2H3;2H,1H3. The van der Waals surface area contributed by atoms with Gasteiger partial charge in [-0.1, -0.05) is 52.9 Å². The quantitative estimate of drug-likeness (QED) is 0.725. The summed E-state index contributed by atoms with van der Waals surface area (Å²) in [6.07, 6.45) is 8.73. The summed E-state index contributed by atoms with van der Waals surface area (Å²) >= 11 is 0.